The van der Waals surface area contributed by atoms with Gasteiger partial charge in [0.2, 0.25) is 0 Å². The summed E-state index contributed by atoms with van der Waals surface area (Å²) >= 11 is 0. The average molecular weight is 557 g/mol. The molecule has 220 valence electrons. The van der Waals surface area contributed by atoms with E-state index in [4.69, 9.17) is 28.4 Å². The van der Waals surface area contributed by atoms with Crippen molar-refractivity contribution < 1.29 is 38.0 Å². The summed E-state index contributed by atoms with van der Waals surface area (Å²) in [5.41, 5.74) is 1.16. The van der Waals surface area contributed by atoms with Gasteiger partial charge in [-0.05, 0) is 37.8 Å². The molecule has 0 aliphatic carbocycles. The Kier molecular flexibility index (Phi) is 12.1. The van der Waals surface area contributed by atoms with Crippen LogP contribution in [0.1, 0.15) is 58.6 Å². The highest BCUT2D eigenvalue weighted by molar-refractivity contribution is 5.75. The maximum absolute atomic E-state index is 13.1. The number of hydrogen-bond donors (Lipinski definition) is 0. The molecule has 6 atom stereocenters. The zero-order chi connectivity index (χ0) is 29.1. The third-order valence-corrected chi connectivity index (χ3v) is 6.84. The fraction of sp³-hybridized carbons (Fsp3) is 0.562. The van der Waals surface area contributed by atoms with Crippen LogP contribution < -0.4 is 0 Å². The van der Waals surface area contributed by atoms with E-state index in [1.165, 1.54) is 7.11 Å². The number of benzene rings is 2. The van der Waals surface area contributed by atoms with Crippen LogP contribution in [0.5, 0.6) is 0 Å². The number of hydrogen-bond acceptors (Lipinski definition) is 8. The van der Waals surface area contributed by atoms with E-state index in [2.05, 4.69) is 0 Å². The molecular formula is C32H44O8. The van der Waals surface area contributed by atoms with Gasteiger partial charge < -0.3 is 28.4 Å². The molecule has 1 saturated heterocycles. The van der Waals surface area contributed by atoms with Gasteiger partial charge in [0.25, 0.3) is 0 Å². The third-order valence-electron chi connectivity index (χ3n) is 6.84. The Morgan fingerprint density at radius 2 is 1.48 bits per heavy atom. The number of ether oxygens (including phenoxy) is 6. The van der Waals surface area contributed by atoms with E-state index in [-0.39, 0.29) is 25.6 Å². The molecule has 0 bridgehead atoms. The van der Waals surface area contributed by atoms with Gasteiger partial charge in [0, 0.05) is 13.5 Å². The van der Waals surface area contributed by atoms with Crippen LogP contribution in [0.3, 0.4) is 0 Å². The van der Waals surface area contributed by atoms with Crippen molar-refractivity contribution in [1.82, 2.24) is 0 Å². The van der Waals surface area contributed by atoms with E-state index in [1.807, 2.05) is 74.5 Å². The minimum absolute atomic E-state index is 0.134. The normalized spacial score (nSPS) is 23.8. The van der Waals surface area contributed by atoms with Crippen molar-refractivity contribution in [3.63, 3.8) is 0 Å². The molecule has 0 unspecified atom stereocenters. The topological polar surface area (TPSA) is 89.5 Å². The van der Waals surface area contributed by atoms with Crippen LogP contribution in [0.2, 0.25) is 0 Å². The highest BCUT2D eigenvalue weighted by Crippen LogP contribution is 2.32. The van der Waals surface area contributed by atoms with Crippen molar-refractivity contribution in [2.75, 3.05) is 13.7 Å². The Morgan fingerprint density at radius 3 is 2.02 bits per heavy atom. The monoisotopic (exact) mass is 556 g/mol. The van der Waals surface area contributed by atoms with Gasteiger partial charge in [-0.2, -0.15) is 0 Å². The fourth-order valence-corrected chi connectivity index (χ4v) is 4.23. The first-order chi connectivity index (χ1) is 19.1. The van der Waals surface area contributed by atoms with E-state index in [0.29, 0.717) is 6.61 Å². The van der Waals surface area contributed by atoms with Crippen molar-refractivity contribution in [3.05, 3.63) is 71.8 Å². The number of esters is 2. The number of carbonyl (C=O) groups is 2. The van der Waals surface area contributed by atoms with Gasteiger partial charge in [0.1, 0.15) is 12.2 Å². The zero-order valence-corrected chi connectivity index (χ0v) is 24.5. The standard InChI is InChI=1S/C32H44O8/c1-7-22(2)18-26(33)39-28-27(37-20-24-16-12-9-13-17-24)25(21-36-19-23-14-10-8-11-15-23)38-30(35-6)29(28)40-31(34)32(3,4)5/h8-17,22,25,27-30H,7,18-21H2,1-6H3/t22-,25+,27+,28-,29-,30-/m0/s1. The molecule has 1 aliphatic heterocycles. The second-order valence-electron chi connectivity index (χ2n) is 11.3. The van der Waals surface area contributed by atoms with Crippen molar-refractivity contribution in [2.45, 2.75) is 91.4 Å². The lowest BCUT2D eigenvalue weighted by Crippen LogP contribution is -2.62. The molecule has 1 aliphatic rings. The van der Waals surface area contributed by atoms with Crippen molar-refractivity contribution >= 4 is 11.9 Å². The van der Waals surface area contributed by atoms with Gasteiger partial charge in [-0.3, -0.25) is 9.59 Å². The average Bonchev–Trinajstić information content (AvgIpc) is 2.94. The molecule has 0 amide bonds. The molecule has 3 rings (SSSR count). The molecule has 0 saturated carbocycles. The SMILES string of the molecule is CC[C@H](C)CC(=O)O[C@@H]1[C@H](OC(=O)C(C)(C)C)[C@@H](OC)O[C@H](COCc2ccccc2)[C@H]1OCc1ccccc1. The van der Waals surface area contributed by atoms with Crippen LogP contribution in [0.4, 0.5) is 0 Å². The molecule has 0 radical (unpaired) electrons. The molecule has 40 heavy (non-hydrogen) atoms. The molecule has 8 nitrogen and oxygen atoms in total. The Morgan fingerprint density at radius 1 is 0.875 bits per heavy atom. The van der Waals surface area contributed by atoms with Crippen LogP contribution in [-0.4, -0.2) is 56.4 Å². The van der Waals surface area contributed by atoms with Gasteiger partial charge in [-0.15, -0.1) is 0 Å². The van der Waals surface area contributed by atoms with E-state index < -0.39 is 48.1 Å². The molecule has 0 aromatic heterocycles. The highest BCUT2D eigenvalue weighted by atomic mass is 16.7. The quantitative estimate of drug-likeness (QED) is 0.300. The first-order valence-electron chi connectivity index (χ1n) is 14.0. The maximum atomic E-state index is 13.1. The summed E-state index contributed by atoms with van der Waals surface area (Å²) in [7, 11) is 1.47. The van der Waals surface area contributed by atoms with Gasteiger partial charge in [0.15, 0.2) is 18.5 Å². The summed E-state index contributed by atoms with van der Waals surface area (Å²) in [4.78, 5) is 26.1. The van der Waals surface area contributed by atoms with Crippen LogP contribution in [0, 0.1) is 11.3 Å². The summed E-state index contributed by atoms with van der Waals surface area (Å²) in [6, 6.07) is 19.5. The van der Waals surface area contributed by atoms with Gasteiger partial charge in [-0.25, -0.2) is 0 Å². The first-order valence-corrected chi connectivity index (χ1v) is 14.0. The molecule has 0 spiro atoms. The van der Waals surface area contributed by atoms with Crippen molar-refractivity contribution in [1.29, 1.82) is 0 Å². The largest absolute Gasteiger partial charge is 0.455 e. The lowest BCUT2D eigenvalue weighted by molar-refractivity contribution is -0.311. The zero-order valence-electron chi connectivity index (χ0n) is 24.5. The predicted molar refractivity (Wildman–Crippen MR) is 150 cm³/mol. The Hall–Kier alpha value is -2.78. The minimum atomic E-state index is -1.04. The maximum Gasteiger partial charge on any atom is 0.311 e. The second-order valence-corrected chi connectivity index (χ2v) is 11.3. The van der Waals surface area contributed by atoms with E-state index in [0.717, 1.165) is 17.5 Å². The van der Waals surface area contributed by atoms with Crippen LogP contribution >= 0.6 is 0 Å². The van der Waals surface area contributed by atoms with Crippen molar-refractivity contribution in [3.8, 4) is 0 Å². The Labute approximate surface area is 238 Å². The number of carbonyl (C=O) groups excluding carboxylic acids is 2. The lowest BCUT2D eigenvalue weighted by Gasteiger charge is -2.45. The molecule has 2 aromatic rings. The fourth-order valence-electron chi connectivity index (χ4n) is 4.23. The highest BCUT2D eigenvalue weighted by Gasteiger charge is 2.52. The molecule has 8 heteroatoms. The summed E-state index contributed by atoms with van der Waals surface area (Å²) in [5, 5.41) is 0. The molecule has 1 heterocycles. The molecular weight excluding hydrogens is 512 g/mol. The first kappa shape index (κ1) is 31.7. The Balaban J connectivity index is 1.90. The smallest absolute Gasteiger partial charge is 0.311 e. The number of rotatable bonds is 13. The van der Waals surface area contributed by atoms with Gasteiger partial charge in [0.05, 0.1) is 25.2 Å². The predicted octanol–water partition coefficient (Wildman–Crippen LogP) is 5.47. The van der Waals surface area contributed by atoms with E-state index in [1.54, 1.807) is 20.8 Å². The summed E-state index contributed by atoms with van der Waals surface area (Å²) in [5.74, 6) is -0.730. The Bertz CT molecular complexity index is 1040. The number of methoxy groups -OCH3 is 1. The summed E-state index contributed by atoms with van der Waals surface area (Å²) < 4.78 is 36.3. The minimum Gasteiger partial charge on any atom is -0.455 e. The van der Waals surface area contributed by atoms with E-state index >= 15 is 0 Å². The van der Waals surface area contributed by atoms with Crippen LogP contribution in [-0.2, 0) is 51.2 Å². The summed E-state index contributed by atoms with van der Waals surface area (Å²) in [6.07, 6.45) is -3.40. The molecule has 0 N–H and O–H groups in total. The lowest BCUT2D eigenvalue weighted by atomic mass is 9.95. The van der Waals surface area contributed by atoms with Crippen LogP contribution in [0.25, 0.3) is 0 Å². The molecule has 1 fully saturated rings. The summed E-state index contributed by atoms with van der Waals surface area (Å²) in [6.45, 7) is 10.0. The van der Waals surface area contributed by atoms with Gasteiger partial charge in [-0.1, -0.05) is 80.9 Å². The van der Waals surface area contributed by atoms with Crippen molar-refractivity contribution in [2.24, 2.45) is 11.3 Å². The molecule has 2 aromatic carbocycles. The third kappa shape index (κ3) is 9.41. The van der Waals surface area contributed by atoms with E-state index in [9.17, 15) is 9.59 Å². The van der Waals surface area contributed by atoms with Gasteiger partial charge >= 0.3 is 11.9 Å². The van der Waals surface area contributed by atoms with Crippen LogP contribution in [0.15, 0.2) is 60.7 Å². The second kappa shape index (κ2) is 15.3.